The van der Waals surface area contributed by atoms with Crippen molar-refractivity contribution in [1.29, 1.82) is 0 Å². The van der Waals surface area contributed by atoms with E-state index in [2.05, 4.69) is 36.8 Å². The van der Waals surface area contributed by atoms with Crippen molar-refractivity contribution in [1.82, 2.24) is 4.98 Å². The van der Waals surface area contributed by atoms with Crippen LogP contribution in [0, 0.1) is 5.82 Å². The minimum absolute atomic E-state index is 0.105. The third-order valence-electron chi connectivity index (χ3n) is 2.15. The number of carbonyl (C=O) groups is 1. The first-order valence-corrected chi connectivity index (χ1v) is 6.57. The first kappa shape index (κ1) is 14.0. The monoisotopic (exact) mass is 389 g/mol. The lowest BCUT2D eigenvalue weighted by molar-refractivity contribution is 0.0693. The zero-order chi connectivity index (χ0) is 14.0. The van der Waals surface area contributed by atoms with E-state index in [9.17, 15) is 9.18 Å². The van der Waals surface area contributed by atoms with Crippen LogP contribution < -0.4 is 4.74 Å². The molecule has 0 atom stereocenters. The maximum Gasteiger partial charge on any atom is 0.341 e. The Labute approximate surface area is 124 Å². The van der Waals surface area contributed by atoms with E-state index in [1.165, 1.54) is 30.5 Å². The van der Waals surface area contributed by atoms with Gasteiger partial charge in [-0.25, -0.2) is 14.2 Å². The van der Waals surface area contributed by atoms with Crippen LogP contribution in [0.25, 0.3) is 0 Å². The van der Waals surface area contributed by atoms with Gasteiger partial charge in [-0.2, -0.15) is 0 Å². The highest BCUT2D eigenvalue weighted by Gasteiger charge is 2.16. The number of carboxylic acids is 1. The standard InChI is InChI=1S/C12H6Br2FNO3/c13-6-1-2-9(15)10(4-6)19-11-8(12(17)18)3-7(14)5-16-11/h1-5H,(H,17,18). The van der Waals surface area contributed by atoms with Crippen LogP contribution in [0.15, 0.2) is 39.4 Å². The molecule has 0 aliphatic rings. The van der Waals surface area contributed by atoms with Gasteiger partial charge in [0, 0.05) is 15.1 Å². The van der Waals surface area contributed by atoms with Crippen LogP contribution in [0.1, 0.15) is 10.4 Å². The van der Waals surface area contributed by atoms with E-state index >= 15 is 0 Å². The Balaban J connectivity index is 2.43. The summed E-state index contributed by atoms with van der Waals surface area (Å²) in [6.45, 7) is 0. The zero-order valence-electron chi connectivity index (χ0n) is 9.23. The highest BCUT2D eigenvalue weighted by Crippen LogP contribution is 2.29. The lowest BCUT2D eigenvalue weighted by atomic mass is 10.2. The Morgan fingerprint density at radius 3 is 2.68 bits per heavy atom. The quantitative estimate of drug-likeness (QED) is 0.851. The van der Waals surface area contributed by atoms with Gasteiger partial charge in [-0.1, -0.05) is 15.9 Å². The lowest BCUT2D eigenvalue weighted by Crippen LogP contribution is -2.02. The summed E-state index contributed by atoms with van der Waals surface area (Å²) in [4.78, 5) is 14.9. The average molecular weight is 391 g/mol. The molecule has 0 unspecified atom stereocenters. The average Bonchev–Trinajstić information content (AvgIpc) is 2.35. The summed E-state index contributed by atoms with van der Waals surface area (Å²) >= 11 is 6.29. The summed E-state index contributed by atoms with van der Waals surface area (Å²) in [6, 6.07) is 5.44. The molecule has 0 spiro atoms. The van der Waals surface area contributed by atoms with Gasteiger partial charge in [0.05, 0.1) is 0 Å². The Hall–Kier alpha value is -1.47. The smallest absolute Gasteiger partial charge is 0.341 e. The van der Waals surface area contributed by atoms with Gasteiger partial charge in [0.15, 0.2) is 11.6 Å². The van der Waals surface area contributed by atoms with Gasteiger partial charge in [0.1, 0.15) is 5.56 Å². The predicted octanol–water partition coefficient (Wildman–Crippen LogP) is 4.24. The molecular weight excluding hydrogens is 385 g/mol. The molecule has 1 aromatic heterocycles. The number of ether oxygens (including phenoxy) is 1. The summed E-state index contributed by atoms with van der Waals surface area (Å²) in [5, 5.41) is 9.05. The van der Waals surface area contributed by atoms with Crippen LogP contribution >= 0.6 is 31.9 Å². The van der Waals surface area contributed by atoms with Gasteiger partial charge in [-0.05, 0) is 40.2 Å². The van der Waals surface area contributed by atoms with Gasteiger partial charge >= 0.3 is 5.97 Å². The highest BCUT2D eigenvalue weighted by molar-refractivity contribution is 9.10. The van der Waals surface area contributed by atoms with Crippen LogP contribution in [-0.2, 0) is 0 Å². The Morgan fingerprint density at radius 2 is 2.00 bits per heavy atom. The molecule has 2 aromatic rings. The van der Waals surface area contributed by atoms with Crippen molar-refractivity contribution in [2.24, 2.45) is 0 Å². The summed E-state index contributed by atoms with van der Waals surface area (Å²) in [7, 11) is 0. The largest absolute Gasteiger partial charge is 0.477 e. The second kappa shape index (κ2) is 5.66. The number of aromatic carboxylic acids is 1. The third kappa shape index (κ3) is 3.30. The molecule has 1 heterocycles. The minimum Gasteiger partial charge on any atom is -0.477 e. The van der Waals surface area contributed by atoms with Crippen LogP contribution in [0.4, 0.5) is 4.39 Å². The molecule has 0 saturated heterocycles. The fourth-order valence-corrected chi connectivity index (χ4v) is 1.99. The van der Waals surface area contributed by atoms with Crippen molar-refractivity contribution >= 4 is 37.8 Å². The topological polar surface area (TPSA) is 59.4 Å². The second-order valence-corrected chi connectivity index (χ2v) is 5.32. The molecule has 2 rings (SSSR count). The van der Waals surface area contributed by atoms with Crippen molar-refractivity contribution in [2.45, 2.75) is 0 Å². The number of nitrogens with zero attached hydrogens (tertiary/aromatic N) is 1. The first-order chi connectivity index (χ1) is 8.97. The van der Waals surface area contributed by atoms with Crippen molar-refractivity contribution in [3.8, 4) is 11.6 Å². The molecule has 4 nitrogen and oxygen atoms in total. The molecule has 98 valence electrons. The van der Waals surface area contributed by atoms with E-state index < -0.39 is 11.8 Å². The summed E-state index contributed by atoms with van der Waals surface area (Å²) in [5.41, 5.74) is -0.159. The summed E-state index contributed by atoms with van der Waals surface area (Å²) in [6.07, 6.45) is 1.37. The molecule has 1 N–H and O–H groups in total. The molecule has 19 heavy (non-hydrogen) atoms. The van der Waals surface area contributed by atoms with Crippen molar-refractivity contribution < 1.29 is 19.0 Å². The third-order valence-corrected chi connectivity index (χ3v) is 3.07. The molecule has 0 aliphatic carbocycles. The lowest BCUT2D eigenvalue weighted by Gasteiger charge is -2.09. The number of hydrogen-bond acceptors (Lipinski definition) is 3. The Bertz CT molecular complexity index is 649. The normalized spacial score (nSPS) is 10.3. The molecule has 0 radical (unpaired) electrons. The number of hydrogen-bond donors (Lipinski definition) is 1. The number of benzene rings is 1. The Kier molecular flexibility index (Phi) is 4.16. The SMILES string of the molecule is O=C(O)c1cc(Br)cnc1Oc1cc(Br)ccc1F. The Morgan fingerprint density at radius 1 is 1.26 bits per heavy atom. The van der Waals surface area contributed by atoms with Gasteiger partial charge < -0.3 is 9.84 Å². The molecule has 0 saturated carbocycles. The van der Waals surface area contributed by atoms with Gasteiger partial charge in [-0.3, -0.25) is 0 Å². The van der Waals surface area contributed by atoms with Gasteiger partial charge in [0.25, 0.3) is 0 Å². The molecular formula is C12H6Br2FNO3. The van der Waals surface area contributed by atoms with Crippen LogP contribution in [0.3, 0.4) is 0 Å². The number of aromatic nitrogens is 1. The minimum atomic E-state index is -1.21. The zero-order valence-corrected chi connectivity index (χ0v) is 12.4. The maximum absolute atomic E-state index is 13.5. The number of rotatable bonds is 3. The van der Waals surface area contributed by atoms with Crippen LogP contribution in [0.5, 0.6) is 11.6 Å². The van der Waals surface area contributed by atoms with E-state index in [-0.39, 0.29) is 17.2 Å². The molecule has 1 aromatic carbocycles. The van der Waals surface area contributed by atoms with Gasteiger partial charge in [0.2, 0.25) is 5.88 Å². The fourth-order valence-electron chi connectivity index (χ4n) is 1.32. The van der Waals surface area contributed by atoms with E-state index in [4.69, 9.17) is 9.84 Å². The van der Waals surface area contributed by atoms with E-state index in [1.807, 2.05) is 0 Å². The van der Waals surface area contributed by atoms with Crippen molar-refractivity contribution in [2.75, 3.05) is 0 Å². The van der Waals surface area contributed by atoms with Crippen LogP contribution in [0.2, 0.25) is 0 Å². The van der Waals surface area contributed by atoms with E-state index in [0.717, 1.165) is 0 Å². The highest BCUT2D eigenvalue weighted by atomic mass is 79.9. The fraction of sp³-hybridized carbons (Fsp3) is 0. The maximum atomic E-state index is 13.5. The van der Waals surface area contributed by atoms with Crippen LogP contribution in [-0.4, -0.2) is 16.1 Å². The molecule has 0 bridgehead atoms. The second-order valence-electron chi connectivity index (χ2n) is 3.49. The van der Waals surface area contributed by atoms with Crippen molar-refractivity contribution in [3.63, 3.8) is 0 Å². The predicted molar refractivity (Wildman–Crippen MR) is 73.1 cm³/mol. The summed E-state index contributed by atoms with van der Waals surface area (Å²) < 4.78 is 19.9. The molecule has 7 heteroatoms. The summed E-state index contributed by atoms with van der Waals surface area (Å²) in [5.74, 6) is -2.09. The molecule has 0 fully saturated rings. The van der Waals surface area contributed by atoms with Crippen molar-refractivity contribution in [3.05, 3.63) is 50.8 Å². The first-order valence-electron chi connectivity index (χ1n) is 4.99. The molecule has 0 amide bonds. The van der Waals surface area contributed by atoms with E-state index in [1.54, 1.807) is 0 Å². The number of halogens is 3. The number of pyridine rings is 1. The van der Waals surface area contributed by atoms with E-state index in [0.29, 0.717) is 8.95 Å². The molecule has 0 aliphatic heterocycles. The number of carboxylic acid groups (broad SMARTS) is 1. The van der Waals surface area contributed by atoms with Gasteiger partial charge in [-0.15, -0.1) is 0 Å².